The van der Waals surface area contributed by atoms with Crippen LogP contribution in [0.25, 0.3) is 0 Å². The number of amides is 1. The molecule has 0 unspecified atom stereocenters. The monoisotopic (exact) mass is 469 g/mol. The van der Waals surface area contributed by atoms with Crippen molar-refractivity contribution >= 4 is 15.9 Å². The smallest absolute Gasteiger partial charge is 0.242 e. The van der Waals surface area contributed by atoms with E-state index in [0.717, 1.165) is 51.9 Å². The van der Waals surface area contributed by atoms with Gasteiger partial charge in [-0.1, -0.05) is 48.5 Å². The summed E-state index contributed by atoms with van der Waals surface area (Å²) in [5.41, 5.74) is 1.17. The van der Waals surface area contributed by atoms with Gasteiger partial charge in [-0.3, -0.25) is 4.79 Å². The van der Waals surface area contributed by atoms with Crippen molar-refractivity contribution in [3.8, 4) is 0 Å². The van der Waals surface area contributed by atoms with Gasteiger partial charge in [0.2, 0.25) is 15.9 Å². The summed E-state index contributed by atoms with van der Waals surface area (Å²) in [7, 11) is -1.85. The second kappa shape index (κ2) is 10.8. The topological polar surface area (TPSA) is 60.9 Å². The summed E-state index contributed by atoms with van der Waals surface area (Å²) in [5.74, 6) is 0.438. The summed E-state index contributed by atoms with van der Waals surface area (Å²) in [6, 6.07) is 19.3. The van der Waals surface area contributed by atoms with E-state index in [1.807, 2.05) is 24.3 Å². The molecule has 2 aliphatic rings. The van der Waals surface area contributed by atoms with Crippen molar-refractivity contribution in [1.82, 2.24) is 14.1 Å². The van der Waals surface area contributed by atoms with Crippen LogP contribution in [-0.4, -0.2) is 74.2 Å². The van der Waals surface area contributed by atoms with Gasteiger partial charge >= 0.3 is 0 Å². The lowest BCUT2D eigenvalue weighted by Crippen LogP contribution is -2.45. The number of carbonyl (C=O) groups excluding carboxylic acids is 1. The van der Waals surface area contributed by atoms with Crippen molar-refractivity contribution in [2.75, 3.05) is 39.8 Å². The largest absolute Gasteiger partial charge is 0.340 e. The van der Waals surface area contributed by atoms with E-state index in [4.69, 9.17) is 0 Å². The maximum absolute atomic E-state index is 13.1. The Bertz CT molecular complexity index is 1010. The van der Waals surface area contributed by atoms with E-state index in [1.165, 1.54) is 9.87 Å². The molecule has 0 aromatic heterocycles. The highest BCUT2D eigenvalue weighted by molar-refractivity contribution is 7.89. The zero-order chi connectivity index (χ0) is 23.3. The molecule has 6 nitrogen and oxygen atoms in total. The van der Waals surface area contributed by atoms with Crippen LogP contribution in [0.2, 0.25) is 0 Å². The number of piperidine rings is 1. The van der Waals surface area contributed by atoms with Crippen LogP contribution in [0.5, 0.6) is 0 Å². The molecule has 0 bridgehead atoms. The number of hydrogen-bond donors (Lipinski definition) is 0. The SMILES string of the molecule is CN(C[C@H](CCN1CCC(N2CCCC2=O)CC1)c1ccccc1)S(=O)(=O)c1ccccc1. The molecule has 7 heteroatoms. The third-order valence-corrected chi connectivity index (χ3v) is 8.94. The van der Waals surface area contributed by atoms with Crippen molar-refractivity contribution in [2.45, 2.75) is 49.0 Å². The highest BCUT2D eigenvalue weighted by Gasteiger charge is 2.31. The van der Waals surface area contributed by atoms with E-state index in [-0.39, 0.29) is 5.92 Å². The van der Waals surface area contributed by atoms with Crippen molar-refractivity contribution in [3.05, 3.63) is 66.2 Å². The molecule has 33 heavy (non-hydrogen) atoms. The molecular weight excluding hydrogens is 434 g/mol. The van der Waals surface area contributed by atoms with Gasteiger partial charge in [-0.25, -0.2) is 12.7 Å². The van der Waals surface area contributed by atoms with Crippen LogP contribution in [0.4, 0.5) is 0 Å². The zero-order valence-electron chi connectivity index (χ0n) is 19.5. The second-order valence-electron chi connectivity index (χ2n) is 9.26. The molecule has 178 valence electrons. The number of sulfonamides is 1. The fourth-order valence-electron chi connectivity index (χ4n) is 5.12. The van der Waals surface area contributed by atoms with Crippen molar-refractivity contribution in [1.29, 1.82) is 0 Å². The van der Waals surface area contributed by atoms with Gasteiger partial charge in [0.05, 0.1) is 4.90 Å². The maximum Gasteiger partial charge on any atom is 0.242 e. The second-order valence-corrected chi connectivity index (χ2v) is 11.3. The Hall–Kier alpha value is -2.22. The lowest BCUT2D eigenvalue weighted by molar-refractivity contribution is -0.130. The Morgan fingerprint density at radius 1 is 0.970 bits per heavy atom. The van der Waals surface area contributed by atoms with E-state index in [0.29, 0.717) is 29.8 Å². The Kier molecular flexibility index (Phi) is 7.83. The molecule has 0 saturated carbocycles. The third-order valence-electron chi connectivity index (χ3n) is 7.10. The minimum absolute atomic E-state index is 0.118. The highest BCUT2D eigenvalue weighted by Crippen LogP contribution is 2.26. The number of likely N-dealkylation sites (N-methyl/N-ethyl adjacent to an activating group) is 1. The van der Waals surface area contributed by atoms with Gasteiger partial charge in [0.1, 0.15) is 0 Å². The van der Waals surface area contributed by atoms with Gasteiger partial charge < -0.3 is 9.80 Å². The minimum Gasteiger partial charge on any atom is -0.340 e. The van der Waals surface area contributed by atoms with Crippen LogP contribution < -0.4 is 0 Å². The highest BCUT2D eigenvalue weighted by atomic mass is 32.2. The quantitative estimate of drug-likeness (QED) is 0.563. The van der Waals surface area contributed by atoms with Gasteiger partial charge in [-0.2, -0.15) is 0 Å². The van der Waals surface area contributed by atoms with E-state index in [9.17, 15) is 13.2 Å². The summed E-state index contributed by atoms with van der Waals surface area (Å²) in [6.07, 6.45) is 4.66. The van der Waals surface area contributed by atoms with Crippen LogP contribution in [0.3, 0.4) is 0 Å². The Labute approximate surface area is 198 Å². The first-order valence-corrected chi connectivity index (χ1v) is 13.5. The van der Waals surface area contributed by atoms with E-state index < -0.39 is 10.0 Å². The molecular formula is C26H35N3O3S. The number of carbonyl (C=O) groups is 1. The average molecular weight is 470 g/mol. The molecule has 2 fully saturated rings. The molecule has 0 N–H and O–H groups in total. The maximum atomic E-state index is 13.1. The third kappa shape index (κ3) is 5.83. The molecule has 0 aliphatic carbocycles. The van der Waals surface area contributed by atoms with Crippen molar-refractivity contribution in [3.63, 3.8) is 0 Å². The molecule has 0 radical (unpaired) electrons. The molecule has 2 saturated heterocycles. The fourth-order valence-corrected chi connectivity index (χ4v) is 6.35. The molecule has 0 spiro atoms. The Morgan fingerprint density at radius 3 is 2.21 bits per heavy atom. The zero-order valence-corrected chi connectivity index (χ0v) is 20.3. The van der Waals surface area contributed by atoms with E-state index >= 15 is 0 Å². The van der Waals surface area contributed by atoms with Gasteiger partial charge in [-0.05, 0) is 55.8 Å². The van der Waals surface area contributed by atoms with Gasteiger partial charge in [-0.15, -0.1) is 0 Å². The fraction of sp³-hybridized carbons (Fsp3) is 0.500. The van der Waals surface area contributed by atoms with Crippen LogP contribution in [0, 0.1) is 0 Å². The molecule has 2 aromatic rings. The summed E-state index contributed by atoms with van der Waals surface area (Å²) < 4.78 is 27.6. The van der Waals surface area contributed by atoms with Crippen molar-refractivity contribution in [2.24, 2.45) is 0 Å². The molecule has 2 aromatic carbocycles. The normalized spacial score (nSPS) is 19.3. The number of hydrogen-bond acceptors (Lipinski definition) is 4. The van der Waals surface area contributed by atoms with Gasteiger partial charge in [0.15, 0.2) is 0 Å². The molecule has 1 atom stereocenters. The van der Waals surface area contributed by atoms with Crippen LogP contribution in [0.1, 0.15) is 43.6 Å². The summed E-state index contributed by atoms with van der Waals surface area (Å²) in [4.78, 5) is 17.0. The predicted molar refractivity (Wildman–Crippen MR) is 130 cm³/mol. The summed E-state index contributed by atoms with van der Waals surface area (Å²) in [6.45, 7) is 4.28. The van der Waals surface area contributed by atoms with E-state index in [1.54, 1.807) is 31.3 Å². The predicted octanol–water partition coefficient (Wildman–Crippen LogP) is 3.57. The summed E-state index contributed by atoms with van der Waals surface area (Å²) >= 11 is 0. The van der Waals surface area contributed by atoms with Crippen molar-refractivity contribution < 1.29 is 13.2 Å². The summed E-state index contributed by atoms with van der Waals surface area (Å²) in [5, 5.41) is 0. The number of nitrogens with zero attached hydrogens (tertiary/aromatic N) is 3. The number of likely N-dealkylation sites (tertiary alicyclic amines) is 2. The minimum atomic E-state index is -3.52. The van der Waals surface area contributed by atoms with Gasteiger partial charge in [0, 0.05) is 45.7 Å². The molecule has 1 amide bonds. The lowest BCUT2D eigenvalue weighted by atomic mass is 9.94. The van der Waals surface area contributed by atoms with Crippen LogP contribution >= 0.6 is 0 Å². The van der Waals surface area contributed by atoms with Crippen LogP contribution in [-0.2, 0) is 14.8 Å². The first kappa shape index (κ1) is 23.9. The van der Waals surface area contributed by atoms with Gasteiger partial charge in [0.25, 0.3) is 0 Å². The number of rotatable bonds is 9. The molecule has 2 aliphatic heterocycles. The van der Waals surface area contributed by atoms with Crippen LogP contribution in [0.15, 0.2) is 65.6 Å². The average Bonchev–Trinajstić information content (AvgIpc) is 3.28. The first-order valence-electron chi connectivity index (χ1n) is 12.0. The number of benzene rings is 2. The van der Waals surface area contributed by atoms with E-state index in [2.05, 4.69) is 21.9 Å². The lowest BCUT2D eigenvalue weighted by Gasteiger charge is -2.37. The first-order chi connectivity index (χ1) is 15.9. The standard InChI is InChI=1S/C26H35N3O3S/c1-27(33(31,32)25-11-6-3-7-12-25)21-23(22-9-4-2-5-10-22)14-18-28-19-15-24(16-20-28)29-17-8-13-26(29)30/h2-7,9-12,23-24H,8,13-21H2,1H3/t23-/m0/s1. The molecule has 2 heterocycles. The Balaban J connectivity index is 1.37. The Morgan fingerprint density at radius 2 is 1.61 bits per heavy atom. The molecule has 4 rings (SSSR count).